The molecule has 1 heterocycles. The summed E-state index contributed by atoms with van der Waals surface area (Å²) in [6.07, 6.45) is 12.5. The molecule has 0 amide bonds. The second-order valence-electron chi connectivity index (χ2n) is 14.3. The summed E-state index contributed by atoms with van der Waals surface area (Å²) < 4.78 is 12.5. The highest BCUT2D eigenvalue weighted by atomic mass is 16.6. The van der Waals surface area contributed by atoms with Gasteiger partial charge in [-0.2, -0.15) is 0 Å². The van der Waals surface area contributed by atoms with Crippen LogP contribution in [-0.4, -0.2) is 34.5 Å². The number of hydrogen-bond acceptors (Lipinski definition) is 4. The summed E-state index contributed by atoms with van der Waals surface area (Å²) >= 11 is 0. The fourth-order valence-corrected chi connectivity index (χ4v) is 9.02. The minimum absolute atomic E-state index is 0.0585. The lowest BCUT2D eigenvalue weighted by Gasteiger charge is -2.54. The molecule has 0 aromatic rings. The molecule has 0 spiro atoms. The number of rotatable bonds is 4. The van der Waals surface area contributed by atoms with E-state index in [-0.39, 0.29) is 34.9 Å². The predicted octanol–water partition coefficient (Wildman–Crippen LogP) is 7.40. The molecule has 0 bridgehead atoms. The van der Waals surface area contributed by atoms with E-state index in [4.69, 9.17) is 9.47 Å². The topological polar surface area (TPSA) is 55.8 Å². The standard InChI is InChI=1S/C32H52O4/c1-20-11-13-25-23(20)12-10-21(2)24(29(25,4)5)14-15-26-31(8)18-16-27(35-22(3)33)30(6,7)36-28(31)17-19-32(26,9)34/h10-11,23-28,34H,12-19H2,1-9H3/t23-,24-,25+,26+,27+,28+,31+,32-/m1/s1. The van der Waals surface area contributed by atoms with Gasteiger partial charge in [-0.3, -0.25) is 4.79 Å². The van der Waals surface area contributed by atoms with E-state index in [1.54, 1.807) is 5.57 Å². The van der Waals surface area contributed by atoms with E-state index in [0.29, 0.717) is 17.8 Å². The van der Waals surface area contributed by atoms with Crippen LogP contribution in [0.25, 0.3) is 0 Å². The first-order valence-electron chi connectivity index (χ1n) is 14.5. The average Bonchev–Trinajstić information content (AvgIpc) is 3.06. The molecule has 1 aliphatic heterocycles. The third-order valence-electron chi connectivity index (χ3n) is 11.3. The van der Waals surface area contributed by atoms with Gasteiger partial charge in [0.2, 0.25) is 0 Å². The smallest absolute Gasteiger partial charge is 0.303 e. The summed E-state index contributed by atoms with van der Waals surface area (Å²) in [7, 11) is 0. The summed E-state index contributed by atoms with van der Waals surface area (Å²) in [6, 6.07) is 0. The molecule has 4 heteroatoms. The van der Waals surface area contributed by atoms with E-state index in [9.17, 15) is 9.90 Å². The van der Waals surface area contributed by atoms with E-state index in [1.807, 2.05) is 0 Å². The van der Waals surface area contributed by atoms with Gasteiger partial charge in [-0.25, -0.2) is 0 Å². The summed E-state index contributed by atoms with van der Waals surface area (Å²) in [6.45, 7) is 19.7. The molecule has 0 radical (unpaired) electrons. The Balaban J connectivity index is 1.59. The SMILES string of the molecule is CC(=O)O[C@H]1CC[C@]2(C)[C@H](CC[C@@](C)(O)[C@H]2CC[C@@H]2C(C)=CC[C@@H]3C(C)=CC[C@@H]3C2(C)C)OC1(C)C. The van der Waals surface area contributed by atoms with Gasteiger partial charge < -0.3 is 14.6 Å². The van der Waals surface area contributed by atoms with Gasteiger partial charge in [-0.15, -0.1) is 0 Å². The second kappa shape index (κ2) is 9.56. The molecule has 4 rings (SSSR count). The number of hydrogen-bond donors (Lipinski definition) is 1. The van der Waals surface area contributed by atoms with Crippen LogP contribution in [0.5, 0.6) is 0 Å². The molecule has 8 atom stereocenters. The van der Waals surface area contributed by atoms with Crippen molar-refractivity contribution in [3.63, 3.8) is 0 Å². The van der Waals surface area contributed by atoms with Crippen molar-refractivity contribution in [3.05, 3.63) is 23.3 Å². The maximum Gasteiger partial charge on any atom is 0.303 e. The van der Waals surface area contributed by atoms with E-state index in [0.717, 1.165) is 38.5 Å². The quantitative estimate of drug-likeness (QED) is 0.323. The molecule has 1 saturated carbocycles. The third-order valence-corrected chi connectivity index (χ3v) is 11.3. The number of ether oxygens (including phenoxy) is 2. The normalized spacial score (nSPS) is 43.8. The molecule has 0 aromatic heterocycles. The highest BCUT2D eigenvalue weighted by Gasteiger charge is 2.57. The minimum atomic E-state index is -0.722. The first-order chi connectivity index (χ1) is 16.6. The van der Waals surface area contributed by atoms with Gasteiger partial charge in [0, 0.05) is 6.92 Å². The number of carbonyl (C=O) groups is 1. The first-order valence-corrected chi connectivity index (χ1v) is 14.5. The highest BCUT2D eigenvalue weighted by Crippen LogP contribution is 2.58. The van der Waals surface area contributed by atoms with Crippen molar-refractivity contribution in [2.24, 2.45) is 34.5 Å². The number of esters is 1. The molecule has 0 unspecified atom stereocenters. The molecule has 0 aromatic carbocycles. The fraction of sp³-hybridized carbons (Fsp3) is 0.844. The van der Waals surface area contributed by atoms with Gasteiger partial charge in [-0.1, -0.05) is 44.1 Å². The molecular weight excluding hydrogens is 448 g/mol. The molecule has 204 valence electrons. The van der Waals surface area contributed by atoms with E-state index in [2.05, 4.69) is 67.5 Å². The number of fused-ring (bicyclic) bond motifs is 2. The Labute approximate surface area is 220 Å². The Kier molecular flexibility index (Phi) is 7.41. The summed E-state index contributed by atoms with van der Waals surface area (Å²) in [5.74, 6) is 1.78. The summed E-state index contributed by atoms with van der Waals surface area (Å²) in [5, 5.41) is 11.8. The van der Waals surface area contributed by atoms with Crippen LogP contribution in [0.4, 0.5) is 0 Å². The van der Waals surface area contributed by atoms with E-state index < -0.39 is 11.2 Å². The maximum absolute atomic E-state index is 11.8. The van der Waals surface area contributed by atoms with Crippen molar-refractivity contribution in [1.82, 2.24) is 0 Å². The zero-order chi connectivity index (χ0) is 26.7. The molecule has 2 fully saturated rings. The Hall–Kier alpha value is -1.13. The van der Waals surface area contributed by atoms with Gasteiger partial charge in [0.1, 0.15) is 6.10 Å². The van der Waals surface area contributed by atoms with Crippen LogP contribution >= 0.6 is 0 Å². The van der Waals surface area contributed by atoms with Gasteiger partial charge >= 0.3 is 5.97 Å². The van der Waals surface area contributed by atoms with E-state index in [1.165, 1.54) is 25.3 Å². The second-order valence-corrected chi connectivity index (χ2v) is 14.3. The Bertz CT molecular complexity index is 909. The summed E-state index contributed by atoms with van der Waals surface area (Å²) in [4.78, 5) is 11.8. The maximum atomic E-state index is 11.8. The Morgan fingerprint density at radius 2 is 1.67 bits per heavy atom. The van der Waals surface area contributed by atoms with Gasteiger partial charge in [0.25, 0.3) is 0 Å². The minimum Gasteiger partial charge on any atom is -0.460 e. The molecule has 3 aliphatic carbocycles. The van der Waals surface area contributed by atoms with Crippen LogP contribution in [0.15, 0.2) is 23.3 Å². The van der Waals surface area contributed by atoms with Crippen LogP contribution in [0, 0.1) is 34.5 Å². The van der Waals surface area contributed by atoms with Crippen molar-refractivity contribution in [1.29, 1.82) is 0 Å². The zero-order valence-electron chi connectivity index (χ0n) is 24.4. The van der Waals surface area contributed by atoms with Crippen molar-refractivity contribution in [2.75, 3.05) is 0 Å². The van der Waals surface area contributed by atoms with Crippen molar-refractivity contribution in [2.45, 2.75) is 137 Å². The Morgan fingerprint density at radius 1 is 1.00 bits per heavy atom. The predicted molar refractivity (Wildman–Crippen MR) is 145 cm³/mol. The zero-order valence-corrected chi connectivity index (χ0v) is 24.4. The van der Waals surface area contributed by atoms with Gasteiger partial charge in [0.15, 0.2) is 0 Å². The molecule has 1 N–H and O–H groups in total. The molecular formula is C32H52O4. The van der Waals surface area contributed by atoms with Crippen LogP contribution in [-0.2, 0) is 14.3 Å². The van der Waals surface area contributed by atoms with Crippen LogP contribution in [0.2, 0.25) is 0 Å². The molecule has 4 nitrogen and oxygen atoms in total. The number of carbonyl (C=O) groups excluding carboxylic acids is 1. The van der Waals surface area contributed by atoms with Crippen molar-refractivity contribution < 1.29 is 19.4 Å². The number of aliphatic hydroxyl groups is 1. The largest absolute Gasteiger partial charge is 0.460 e. The molecule has 36 heavy (non-hydrogen) atoms. The van der Waals surface area contributed by atoms with Crippen LogP contribution in [0.1, 0.15) is 114 Å². The third kappa shape index (κ3) is 4.86. The highest BCUT2D eigenvalue weighted by molar-refractivity contribution is 5.66. The molecule has 4 aliphatic rings. The van der Waals surface area contributed by atoms with Crippen LogP contribution in [0.3, 0.4) is 0 Å². The lowest BCUT2D eigenvalue weighted by molar-refractivity contribution is -0.211. The van der Waals surface area contributed by atoms with Gasteiger partial charge in [-0.05, 0) is 120 Å². The summed E-state index contributed by atoms with van der Waals surface area (Å²) in [5.41, 5.74) is 1.91. The van der Waals surface area contributed by atoms with Crippen molar-refractivity contribution in [3.8, 4) is 0 Å². The lowest BCUT2D eigenvalue weighted by atomic mass is 9.55. The first kappa shape index (κ1) is 27.9. The van der Waals surface area contributed by atoms with Gasteiger partial charge in [0.05, 0.1) is 17.3 Å². The fourth-order valence-electron chi connectivity index (χ4n) is 9.02. The van der Waals surface area contributed by atoms with Crippen LogP contribution < -0.4 is 0 Å². The Morgan fingerprint density at radius 3 is 2.33 bits per heavy atom. The average molecular weight is 501 g/mol. The van der Waals surface area contributed by atoms with E-state index >= 15 is 0 Å². The monoisotopic (exact) mass is 500 g/mol. The van der Waals surface area contributed by atoms with Crippen molar-refractivity contribution >= 4 is 5.97 Å². The number of allylic oxidation sites excluding steroid dienone is 4. The molecule has 1 saturated heterocycles. The lowest BCUT2D eigenvalue weighted by Crippen LogP contribution is -2.56.